The van der Waals surface area contributed by atoms with Crippen LogP contribution in [0.3, 0.4) is 0 Å². The summed E-state index contributed by atoms with van der Waals surface area (Å²) in [4.78, 5) is 37.3. The first kappa shape index (κ1) is 29.4. The number of methoxy groups -OCH3 is 1. The zero-order valence-electron chi connectivity index (χ0n) is 21.3. The molecule has 0 aliphatic rings. The van der Waals surface area contributed by atoms with Crippen LogP contribution in [0, 0.1) is 0 Å². The fourth-order valence-corrected chi connectivity index (χ4v) is 4.15. The minimum atomic E-state index is -0.553. The maximum absolute atomic E-state index is 12.6. The van der Waals surface area contributed by atoms with Gasteiger partial charge in [-0.25, -0.2) is 0 Å². The molecule has 1 N–H and O–H groups in total. The minimum absolute atomic E-state index is 0.0386. The summed E-state index contributed by atoms with van der Waals surface area (Å²) in [7, 11) is 1.58. The van der Waals surface area contributed by atoms with Gasteiger partial charge in [0, 0.05) is 23.0 Å². The third-order valence-electron chi connectivity index (χ3n) is 5.91. The first-order chi connectivity index (χ1) is 17.4. The molecule has 2 aromatic carbocycles. The highest BCUT2D eigenvalue weighted by molar-refractivity contribution is 6.22. The van der Waals surface area contributed by atoms with Crippen LogP contribution in [0.5, 0.6) is 5.75 Å². The Bertz CT molecular complexity index is 932. The van der Waals surface area contributed by atoms with Crippen molar-refractivity contribution in [3.63, 3.8) is 0 Å². The van der Waals surface area contributed by atoms with Crippen molar-refractivity contribution in [2.45, 2.75) is 82.6 Å². The molecular weight excluding hydrogens is 478 g/mol. The van der Waals surface area contributed by atoms with E-state index in [0.29, 0.717) is 36.3 Å². The van der Waals surface area contributed by atoms with E-state index in [4.69, 9.17) is 21.1 Å². The largest absolute Gasteiger partial charge is 0.497 e. The molecule has 36 heavy (non-hydrogen) atoms. The van der Waals surface area contributed by atoms with Crippen LogP contribution < -0.4 is 10.1 Å². The van der Waals surface area contributed by atoms with E-state index in [-0.39, 0.29) is 30.1 Å². The topological polar surface area (TPSA) is 81.7 Å². The molecule has 196 valence electrons. The number of esters is 1. The summed E-state index contributed by atoms with van der Waals surface area (Å²) in [6.07, 6.45) is 6.80. The van der Waals surface area contributed by atoms with E-state index >= 15 is 0 Å². The van der Waals surface area contributed by atoms with E-state index in [9.17, 15) is 14.4 Å². The average Bonchev–Trinajstić information content (AvgIpc) is 2.87. The highest BCUT2D eigenvalue weighted by Crippen LogP contribution is 2.21. The molecule has 2 unspecified atom stereocenters. The van der Waals surface area contributed by atoms with Crippen LogP contribution >= 0.6 is 11.6 Å². The van der Waals surface area contributed by atoms with Crippen molar-refractivity contribution >= 4 is 34.9 Å². The number of rotatable bonds is 17. The van der Waals surface area contributed by atoms with Crippen molar-refractivity contribution in [2.24, 2.45) is 0 Å². The summed E-state index contributed by atoms with van der Waals surface area (Å²) >= 11 is 6.49. The summed E-state index contributed by atoms with van der Waals surface area (Å²) in [5.41, 5.74) is 1.22. The molecule has 0 bridgehead atoms. The van der Waals surface area contributed by atoms with Crippen molar-refractivity contribution in [3.05, 3.63) is 60.2 Å². The maximum atomic E-state index is 12.6. The van der Waals surface area contributed by atoms with Gasteiger partial charge in [-0.15, -0.1) is 11.6 Å². The van der Waals surface area contributed by atoms with Crippen LogP contribution in [0.2, 0.25) is 0 Å². The smallest absolute Gasteiger partial charge is 0.315 e. The van der Waals surface area contributed by atoms with Crippen LogP contribution in [0.15, 0.2) is 54.6 Å². The van der Waals surface area contributed by atoms with Gasteiger partial charge in [0.25, 0.3) is 0 Å². The molecule has 0 spiro atoms. The summed E-state index contributed by atoms with van der Waals surface area (Å²) in [5.74, 6) is -0.311. The Hall–Kier alpha value is -2.86. The zero-order chi connectivity index (χ0) is 26.2. The molecular formula is C29H38ClNO5. The second-order valence-corrected chi connectivity index (χ2v) is 9.55. The molecule has 0 aliphatic heterocycles. The number of ketones is 1. The van der Waals surface area contributed by atoms with Gasteiger partial charge < -0.3 is 14.8 Å². The van der Waals surface area contributed by atoms with E-state index in [1.807, 2.05) is 18.2 Å². The molecule has 2 rings (SSSR count). The molecule has 2 atom stereocenters. The van der Waals surface area contributed by atoms with Gasteiger partial charge in [-0.1, -0.05) is 50.8 Å². The summed E-state index contributed by atoms with van der Waals surface area (Å²) < 4.78 is 10.8. The van der Waals surface area contributed by atoms with Gasteiger partial charge in [0.1, 0.15) is 18.3 Å². The van der Waals surface area contributed by atoms with Crippen molar-refractivity contribution in [1.82, 2.24) is 0 Å². The predicted octanol–water partition coefficient (Wildman–Crippen LogP) is 6.96. The Morgan fingerprint density at radius 1 is 0.889 bits per heavy atom. The Labute approximate surface area is 219 Å². The first-order valence-corrected chi connectivity index (χ1v) is 13.2. The van der Waals surface area contributed by atoms with Gasteiger partial charge in [-0.05, 0) is 62.1 Å². The predicted molar refractivity (Wildman–Crippen MR) is 144 cm³/mol. The summed E-state index contributed by atoms with van der Waals surface area (Å²) in [6, 6.07) is 15.9. The number of anilines is 1. The molecule has 0 radical (unpaired) electrons. The number of alkyl halides is 1. The van der Waals surface area contributed by atoms with Crippen LogP contribution in [0.1, 0.15) is 81.5 Å². The number of hydrogen-bond donors (Lipinski definition) is 1. The van der Waals surface area contributed by atoms with Crippen LogP contribution in [-0.4, -0.2) is 36.3 Å². The summed E-state index contributed by atoms with van der Waals surface area (Å²) in [5, 5.41) is 2.33. The molecule has 1 amide bonds. The fraction of sp³-hybridized carbons (Fsp3) is 0.483. The van der Waals surface area contributed by atoms with Crippen molar-refractivity contribution in [3.8, 4) is 5.75 Å². The monoisotopic (exact) mass is 515 g/mol. The van der Waals surface area contributed by atoms with E-state index in [1.165, 1.54) is 6.42 Å². The van der Waals surface area contributed by atoms with Crippen molar-refractivity contribution < 1.29 is 23.9 Å². The normalized spacial score (nSPS) is 12.4. The Morgan fingerprint density at radius 2 is 1.58 bits per heavy atom. The van der Waals surface area contributed by atoms with Gasteiger partial charge in [0.15, 0.2) is 5.78 Å². The van der Waals surface area contributed by atoms with E-state index in [1.54, 1.807) is 43.5 Å². The van der Waals surface area contributed by atoms with Gasteiger partial charge in [0.05, 0.1) is 7.11 Å². The molecule has 0 saturated heterocycles. The SMILES string of the molecule is CCCCCCCC(CCC(Cl)CC(=O)c1ccc(OC)cc1)OC(=O)CC(=O)Nc1ccccc1. The Morgan fingerprint density at radius 3 is 2.25 bits per heavy atom. The highest BCUT2D eigenvalue weighted by atomic mass is 35.5. The van der Waals surface area contributed by atoms with E-state index in [0.717, 1.165) is 25.7 Å². The fourth-order valence-electron chi connectivity index (χ4n) is 3.89. The second kappa shape index (κ2) is 16.7. The number of hydrogen-bond acceptors (Lipinski definition) is 5. The summed E-state index contributed by atoms with van der Waals surface area (Å²) in [6.45, 7) is 2.17. The Balaban J connectivity index is 1.84. The molecule has 7 heteroatoms. The first-order valence-electron chi connectivity index (χ1n) is 12.8. The number of amides is 1. The number of carbonyl (C=O) groups is 3. The molecule has 0 saturated carbocycles. The lowest BCUT2D eigenvalue weighted by molar-refractivity contribution is -0.151. The quantitative estimate of drug-likeness (QED) is 0.0809. The number of carbonyl (C=O) groups excluding carboxylic acids is 3. The maximum Gasteiger partial charge on any atom is 0.315 e. The number of nitrogens with one attached hydrogen (secondary N) is 1. The second-order valence-electron chi connectivity index (χ2n) is 8.94. The van der Waals surface area contributed by atoms with Gasteiger partial charge in [-0.2, -0.15) is 0 Å². The van der Waals surface area contributed by atoms with E-state index in [2.05, 4.69) is 12.2 Å². The highest BCUT2D eigenvalue weighted by Gasteiger charge is 2.20. The molecule has 0 fully saturated rings. The molecule has 0 aromatic heterocycles. The van der Waals surface area contributed by atoms with Gasteiger partial charge in [-0.3, -0.25) is 14.4 Å². The number of Topliss-reactive ketones (excluding diaryl/α,β-unsaturated/α-hetero) is 1. The number of halogens is 1. The lowest BCUT2D eigenvalue weighted by Crippen LogP contribution is -2.24. The van der Waals surface area contributed by atoms with Crippen LogP contribution in [0.25, 0.3) is 0 Å². The molecule has 6 nitrogen and oxygen atoms in total. The number of para-hydroxylation sites is 1. The standard InChI is InChI=1S/C29H38ClNO5/c1-3-4-5-6-10-13-26(36-29(34)21-28(33)31-24-11-8-7-9-12-24)19-16-23(30)20-27(32)22-14-17-25(35-2)18-15-22/h7-9,11-12,14-15,17-18,23,26H,3-6,10,13,16,19-21H2,1-2H3,(H,31,33). The molecule has 0 aliphatic carbocycles. The number of ether oxygens (including phenoxy) is 2. The van der Waals surface area contributed by atoms with E-state index < -0.39 is 11.9 Å². The minimum Gasteiger partial charge on any atom is -0.497 e. The van der Waals surface area contributed by atoms with Crippen molar-refractivity contribution in [1.29, 1.82) is 0 Å². The molecule has 2 aromatic rings. The third kappa shape index (κ3) is 11.7. The van der Waals surface area contributed by atoms with Gasteiger partial charge in [0.2, 0.25) is 5.91 Å². The molecule has 0 heterocycles. The van der Waals surface area contributed by atoms with Gasteiger partial charge >= 0.3 is 5.97 Å². The number of benzene rings is 2. The average molecular weight is 516 g/mol. The lowest BCUT2D eigenvalue weighted by Gasteiger charge is -2.19. The Kier molecular flexibility index (Phi) is 13.7. The lowest BCUT2D eigenvalue weighted by atomic mass is 10.0. The van der Waals surface area contributed by atoms with Crippen LogP contribution in [-0.2, 0) is 14.3 Å². The number of unbranched alkanes of at least 4 members (excludes halogenated alkanes) is 4. The third-order valence-corrected chi connectivity index (χ3v) is 6.28. The van der Waals surface area contributed by atoms with Crippen molar-refractivity contribution in [2.75, 3.05) is 12.4 Å². The van der Waals surface area contributed by atoms with Crippen LogP contribution in [0.4, 0.5) is 5.69 Å². The zero-order valence-corrected chi connectivity index (χ0v) is 22.1.